The van der Waals surface area contributed by atoms with Gasteiger partial charge in [0.05, 0.1) is 7.11 Å². The van der Waals surface area contributed by atoms with Gasteiger partial charge in [-0.2, -0.15) is 0 Å². The molecule has 3 atom stereocenters. The highest BCUT2D eigenvalue weighted by molar-refractivity contribution is 5.77. The van der Waals surface area contributed by atoms with Crippen molar-refractivity contribution in [3.05, 3.63) is 42.2 Å². The standard InChI is InChI=1S/C23H36O4/c1-4-6-7-8-9-10-14-19-16-13-17-20(19)15-11-12-18-21(5-2)23(25,26)22(24)27-3/h10-11,13-14,16,18-21,25-26H,4-9,15,17H2,1-3H3/t12?,19-,20-,21?/m0/s1. The predicted octanol–water partition coefficient (Wildman–Crippen LogP) is 4.69. The van der Waals surface area contributed by atoms with Gasteiger partial charge < -0.3 is 14.9 Å². The fraction of sp³-hybridized carbons (Fsp3) is 0.652. The number of hydrogen-bond acceptors (Lipinski definition) is 4. The van der Waals surface area contributed by atoms with Crippen LogP contribution in [-0.2, 0) is 9.53 Å². The summed E-state index contributed by atoms with van der Waals surface area (Å²) in [6, 6.07) is 0. The van der Waals surface area contributed by atoms with E-state index in [0.29, 0.717) is 18.3 Å². The number of allylic oxidation sites excluding steroid dienone is 4. The van der Waals surface area contributed by atoms with Crippen molar-refractivity contribution in [3.63, 3.8) is 0 Å². The summed E-state index contributed by atoms with van der Waals surface area (Å²) in [5.41, 5.74) is 3.03. The highest BCUT2D eigenvalue weighted by atomic mass is 16.6. The molecule has 1 aliphatic carbocycles. The van der Waals surface area contributed by atoms with Crippen LogP contribution in [-0.4, -0.2) is 29.1 Å². The fourth-order valence-corrected chi connectivity index (χ4v) is 3.37. The molecule has 0 saturated heterocycles. The summed E-state index contributed by atoms with van der Waals surface area (Å²) in [7, 11) is 1.14. The topological polar surface area (TPSA) is 66.8 Å². The third-order valence-corrected chi connectivity index (χ3v) is 5.20. The molecular formula is C23H36O4. The van der Waals surface area contributed by atoms with Gasteiger partial charge in [0, 0.05) is 5.92 Å². The summed E-state index contributed by atoms with van der Waals surface area (Å²) in [6.45, 7) is 4.01. The van der Waals surface area contributed by atoms with E-state index in [4.69, 9.17) is 0 Å². The third-order valence-electron chi connectivity index (χ3n) is 5.20. The third kappa shape index (κ3) is 7.88. The van der Waals surface area contributed by atoms with Gasteiger partial charge in [0.25, 0.3) is 5.79 Å². The Morgan fingerprint density at radius 1 is 1.33 bits per heavy atom. The van der Waals surface area contributed by atoms with Crippen LogP contribution in [0.1, 0.15) is 65.2 Å². The van der Waals surface area contributed by atoms with Crippen LogP contribution in [0.2, 0.25) is 0 Å². The number of carbonyl (C=O) groups excluding carboxylic acids is 1. The molecule has 4 nitrogen and oxygen atoms in total. The first-order chi connectivity index (χ1) is 13.0. The molecule has 0 bridgehead atoms. The Hall–Kier alpha value is -1.61. The molecule has 2 N–H and O–H groups in total. The molecule has 0 aromatic rings. The van der Waals surface area contributed by atoms with Gasteiger partial charge in [-0.25, -0.2) is 4.79 Å². The molecule has 0 aliphatic heterocycles. The first-order valence-corrected chi connectivity index (χ1v) is 10.2. The Labute approximate surface area is 164 Å². The van der Waals surface area contributed by atoms with Gasteiger partial charge in [-0.3, -0.25) is 0 Å². The zero-order valence-corrected chi connectivity index (χ0v) is 17.1. The molecule has 0 heterocycles. The maximum absolute atomic E-state index is 11.5. The Morgan fingerprint density at radius 3 is 2.78 bits per heavy atom. The van der Waals surface area contributed by atoms with Gasteiger partial charge in [-0.05, 0) is 56.1 Å². The SMILES string of the molecule is CCCCCCC=C[C@H]1C=CC[C@@H]1CC=C=CC(CC)C(O)(O)C(=O)OC. The molecule has 0 saturated carbocycles. The lowest BCUT2D eigenvalue weighted by Crippen LogP contribution is -2.45. The monoisotopic (exact) mass is 376 g/mol. The minimum Gasteiger partial charge on any atom is -0.465 e. The van der Waals surface area contributed by atoms with Gasteiger partial charge in [-0.15, -0.1) is 5.73 Å². The molecule has 1 aliphatic rings. The first-order valence-electron chi connectivity index (χ1n) is 10.2. The Bertz CT molecular complexity index is 553. The maximum Gasteiger partial charge on any atom is 0.366 e. The van der Waals surface area contributed by atoms with E-state index in [1.54, 1.807) is 13.0 Å². The number of carbonyl (C=O) groups is 1. The second-order valence-corrected chi connectivity index (χ2v) is 7.28. The van der Waals surface area contributed by atoms with Crippen LogP contribution in [0.5, 0.6) is 0 Å². The van der Waals surface area contributed by atoms with Crippen LogP contribution >= 0.6 is 0 Å². The minimum atomic E-state index is -2.51. The van der Waals surface area contributed by atoms with Crippen LogP contribution in [0.4, 0.5) is 0 Å². The van der Waals surface area contributed by atoms with E-state index in [0.717, 1.165) is 26.4 Å². The minimum absolute atomic E-state index is 0.400. The van der Waals surface area contributed by atoms with E-state index in [1.807, 2.05) is 6.08 Å². The average Bonchev–Trinajstić information content (AvgIpc) is 3.10. The largest absolute Gasteiger partial charge is 0.465 e. The number of hydrogen-bond donors (Lipinski definition) is 2. The molecule has 1 unspecified atom stereocenters. The van der Waals surface area contributed by atoms with E-state index < -0.39 is 17.7 Å². The quantitative estimate of drug-likeness (QED) is 0.170. The Kier molecular flexibility index (Phi) is 11.0. The molecule has 1 rings (SSSR count). The van der Waals surface area contributed by atoms with Crippen molar-refractivity contribution < 1.29 is 19.7 Å². The van der Waals surface area contributed by atoms with Crippen molar-refractivity contribution in [2.75, 3.05) is 7.11 Å². The van der Waals surface area contributed by atoms with E-state index in [-0.39, 0.29) is 0 Å². The first kappa shape index (κ1) is 23.4. The lowest BCUT2D eigenvalue weighted by Gasteiger charge is -2.24. The molecule has 4 heteroatoms. The Balaban J connectivity index is 2.53. The van der Waals surface area contributed by atoms with Crippen molar-refractivity contribution in [1.29, 1.82) is 0 Å². The van der Waals surface area contributed by atoms with Crippen molar-refractivity contribution in [3.8, 4) is 0 Å². The number of methoxy groups -OCH3 is 1. The van der Waals surface area contributed by atoms with Gasteiger partial charge >= 0.3 is 5.97 Å². The summed E-state index contributed by atoms with van der Waals surface area (Å²) >= 11 is 0. The van der Waals surface area contributed by atoms with Crippen molar-refractivity contribution in [2.45, 2.75) is 71.0 Å². The molecule has 0 amide bonds. The van der Waals surface area contributed by atoms with Gasteiger partial charge in [0.2, 0.25) is 0 Å². The van der Waals surface area contributed by atoms with E-state index in [2.05, 4.69) is 41.7 Å². The molecule has 0 fully saturated rings. The summed E-state index contributed by atoms with van der Waals surface area (Å²) in [5.74, 6) is -3.33. The zero-order chi connectivity index (χ0) is 20.1. The van der Waals surface area contributed by atoms with Crippen molar-refractivity contribution >= 4 is 5.97 Å². The molecule has 0 radical (unpaired) electrons. The van der Waals surface area contributed by atoms with E-state index in [9.17, 15) is 15.0 Å². The maximum atomic E-state index is 11.5. The van der Waals surface area contributed by atoms with Crippen LogP contribution in [0.15, 0.2) is 42.2 Å². The molecule has 0 aromatic heterocycles. The summed E-state index contributed by atoms with van der Waals surface area (Å²) in [6.07, 6.45) is 21.2. The number of aliphatic hydroxyl groups is 2. The number of unbranched alkanes of at least 4 members (excludes halogenated alkanes) is 4. The molecule has 152 valence electrons. The number of rotatable bonds is 12. The highest BCUT2D eigenvalue weighted by Crippen LogP contribution is 2.30. The van der Waals surface area contributed by atoms with Crippen LogP contribution in [0.25, 0.3) is 0 Å². The smallest absolute Gasteiger partial charge is 0.366 e. The van der Waals surface area contributed by atoms with Crippen LogP contribution in [0, 0.1) is 17.8 Å². The van der Waals surface area contributed by atoms with E-state index in [1.165, 1.54) is 25.7 Å². The van der Waals surface area contributed by atoms with E-state index >= 15 is 0 Å². The highest BCUT2D eigenvalue weighted by Gasteiger charge is 2.41. The zero-order valence-electron chi connectivity index (χ0n) is 17.1. The molecule has 27 heavy (non-hydrogen) atoms. The summed E-state index contributed by atoms with van der Waals surface area (Å²) < 4.78 is 4.45. The normalized spacial score (nSPS) is 20.5. The van der Waals surface area contributed by atoms with Gasteiger partial charge in [-0.1, -0.05) is 57.4 Å². The van der Waals surface area contributed by atoms with Crippen molar-refractivity contribution in [1.82, 2.24) is 0 Å². The number of esters is 1. The van der Waals surface area contributed by atoms with Crippen molar-refractivity contribution in [2.24, 2.45) is 17.8 Å². The predicted molar refractivity (Wildman–Crippen MR) is 109 cm³/mol. The second kappa shape index (κ2) is 12.7. The molecule has 0 aromatic carbocycles. The fourth-order valence-electron chi connectivity index (χ4n) is 3.37. The van der Waals surface area contributed by atoms with Crippen LogP contribution in [0.3, 0.4) is 0 Å². The lowest BCUT2D eigenvalue weighted by molar-refractivity contribution is -0.219. The van der Waals surface area contributed by atoms with Crippen LogP contribution < -0.4 is 0 Å². The molecule has 0 spiro atoms. The summed E-state index contributed by atoms with van der Waals surface area (Å²) in [5, 5.41) is 19.9. The second-order valence-electron chi connectivity index (χ2n) is 7.28. The van der Waals surface area contributed by atoms with Gasteiger partial charge in [0.15, 0.2) is 0 Å². The van der Waals surface area contributed by atoms with Gasteiger partial charge in [0.1, 0.15) is 0 Å². The lowest BCUT2D eigenvalue weighted by atomic mass is 9.91. The Morgan fingerprint density at radius 2 is 2.11 bits per heavy atom. The summed E-state index contributed by atoms with van der Waals surface area (Å²) in [4.78, 5) is 11.5. The molecular weight excluding hydrogens is 340 g/mol. The number of ether oxygens (including phenoxy) is 1. The average molecular weight is 377 g/mol.